The molecule has 0 bridgehead atoms. The van der Waals surface area contributed by atoms with Gasteiger partial charge in [-0.2, -0.15) is 4.98 Å². The van der Waals surface area contributed by atoms with E-state index in [1.165, 1.54) is 6.20 Å². The first-order chi connectivity index (χ1) is 9.22. The molecule has 2 heterocycles. The van der Waals surface area contributed by atoms with Crippen LogP contribution in [0.3, 0.4) is 0 Å². The van der Waals surface area contributed by atoms with Crippen LogP contribution in [0, 0.1) is 5.92 Å². The minimum Gasteiger partial charge on any atom is -0.347 e. The quantitative estimate of drug-likeness (QED) is 0.922. The fourth-order valence-electron chi connectivity index (χ4n) is 1.63. The molecule has 0 aliphatic heterocycles. The molecular weight excluding hydrogens is 268 g/mol. The van der Waals surface area contributed by atoms with Gasteiger partial charge in [-0.05, 0) is 18.9 Å². The Morgan fingerprint density at radius 1 is 1.47 bits per heavy atom. The Hall–Kier alpha value is -1.95. The van der Waals surface area contributed by atoms with Gasteiger partial charge < -0.3 is 9.84 Å². The normalized spacial score (nSPS) is 14.4. The molecule has 6 nitrogen and oxygen atoms in total. The number of nitrogens with zero attached hydrogens (tertiary/aromatic N) is 3. The van der Waals surface area contributed by atoms with Crippen molar-refractivity contribution < 1.29 is 9.32 Å². The van der Waals surface area contributed by atoms with Crippen LogP contribution in [0.5, 0.6) is 0 Å². The minimum absolute atomic E-state index is 0.0455. The number of rotatable bonds is 4. The van der Waals surface area contributed by atoms with Gasteiger partial charge in [0.2, 0.25) is 17.6 Å². The summed E-state index contributed by atoms with van der Waals surface area (Å²) in [6.07, 6.45) is 5.06. The Labute approximate surface area is 114 Å². The molecular formula is C12H11ClN4O2. The van der Waals surface area contributed by atoms with E-state index in [0.717, 1.165) is 12.8 Å². The SMILES string of the molecule is O=C(NCc1nc(-c2cncc(Cl)c2)no1)C1CC1. The molecule has 1 N–H and O–H groups in total. The van der Waals surface area contributed by atoms with Gasteiger partial charge in [0.05, 0.1) is 11.6 Å². The average Bonchev–Trinajstić information content (AvgIpc) is 3.15. The van der Waals surface area contributed by atoms with Crippen molar-refractivity contribution in [2.24, 2.45) is 5.92 Å². The summed E-state index contributed by atoms with van der Waals surface area (Å²) in [6, 6.07) is 1.70. The summed E-state index contributed by atoms with van der Waals surface area (Å²) in [5.41, 5.74) is 0.677. The number of amides is 1. The smallest absolute Gasteiger partial charge is 0.246 e. The third-order valence-electron chi connectivity index (χ3n) is 2.79. The Kier molecular flexibility index (Phi) is 3.16. The molecule has 3 rings (SSSR count). The number of carbonyl (C=O) groups is 1. The van der Waals surface area contributed by atoms with E-state index in [9.17, 15) is 4.79 Å². The summed E-state index contributed by atoms with van der Waals surface area (Å²) >= 11 is 5.84. The molecule has 19 heavy (non-hydrogen) atoms. The first kappa shape index (κ1) is 12.1. The number of hydrogen-bond acceptors (Lipinski definition) is 5. The predicted octanol–water partition coefficient (Wildman–Crippen LogP) is 1.81. The van der Waals surface area contributed by atoms with E-state index in [1.807, 2.05) is 0 Å². The lowest BCUT2D eigenvalue weighted by Crippen LogP contribution is -2.24. The second kappa shape index (κ2) is 4.97. The van der Waals surface area contributed by atoms with Crippen molar-refractivity contribution in [1.82, 2.24) is 20.4 Å². The largest absolute Gasteiger partial charge is 0.347 e. The van der Waals surface area contributed by atoms with E-state index in [2.05, 4.69) is 20.4 Å². The summed E-state index contributed by atoms with van der Waals surface area (Å²) in [5, 5.41) is 7.10. The first-order valence-electron chi connectivity index (χ1n) is 5.93. The summed E-state index contributed by atoms with van der Waals surface area (Å²) in [4.78, 5) is 19.6. The Bertz CT molecular complexity index is 609. The minimum atomic E-state index is 0.0455. The van der Waals surface area contributed by atoms with Gasteiger partial charge in [0.25, 0.3) is 0 Å². The van der Waals surface area contributed by atoms with Crippen LogP contribution in [0.25, 0.3) is 11.4 Å². The summed E-state index contributed by atoms with van der Waals surface area (Å²) in [5.74, 6) is 0.985. The lowest BCUT2D eigenvalue weighted by atomic mass is 10.3. The van der Waals surface area contributed by atoms with E-state index >= 15 is 0 Å². The summed E-state index contributed by atoms with van der Waals surface area (Å²) in [6.45, 7) is 0.246. The van der Waals surface area contributed by atoms with Gasteiger partial charge in [-0.15, -0.1) is 0 Å². The van der Waals surface area contributed by atoms with Gasteiger partial charge in [-0.1, -0.05) is 16.8 Å². The zero-order chi connectivity index (χ0) is 13.2. The van der Waals surface area contributed by atoms with E-state index in [4.69, 9.17) is 16.1 Å². The molecule has 1 saturated carbocycles. The van der Waals surface area contributed by atoms with Gasteiger partial charge in [-0.3, -0.25) is 9.78 Å². The summed E-state index contributed by atoms with van der Waals surface area (Å²) < 4.78 is 5.06. The molecule has 2 aromatic rings. The monoisotopic (exact) mass is 278 g/mol. The van der Waals surface area contributed by atoms with E-state index in [-0.39, 0.29) is 18.4 Å². The van der Waals surface area contributed by atoms with Crippen LogP contribution in [-0.2, 0) is 11.3 Å². The van der Waals surface area contributed by atoms with Crippen LogP contribution in [0.2, 0.25) is 5.02 Å². The average molecular weight is 279 g/mol. The van der Waals surface area contributed by atoms with Crippen LogP contribution in [0.15, 0.2) is 23.0 Å². The van der Waals surface area contributed by atoms with Crippen molar-refractivity contribution in [2.75, 3.05) is 0 Å². The number of pyridine rings is 1. The second-order valence-electron chi connectivity index (χ2n) is 4.40. The molecule has 0 atom stereocenters. The standard InChI is InChI=1S/C12H11ClN4O2/c13-9-3-8(4-14-5-9)11-16-10(19-17-11)6-15-12(18)7-1-2-7/h3-5,7H,1-2,6H2,(H,15,18). The first-order valence-corrected chi connectivity index (χ1v) is 6.31. The van der Waals surface area contributed by atoms with E-state index in [1.54, 1.807) is 12.3 Å². The molecule has 1 aliphatic carbocycles. The van der Waals surface area contributed by atoms with E-state index in [0.29, 0.717) is 22.3 Å². The lowest BCUT2D eigenvalue weighted by Gasteiger charge is -1.98. The highest BCUT2D eigenvalue weighted by molar-refractivity contribution is 6.30. The van der Waals surface area contributed by atoms with Gasteiger partial charge in [0.1, 0.15) is 0 Å². The third-order valence-corrected chi connectivity index (χ3v) is 3.00. The van der Waals surface area contributed by atoms with Crippen molar-refractivity contribution in [1.29, 1.82) is 0 Å². The van der Waals surface area contributed by atoms with Crippen LogP contribution < -0.4 is 5.32 Å². The number of nitrogens with one attached hydrogen (secondary N) is 1. The molecule has 1 amide bonds. The molecule has 0 saturated heterocycles. The zero-order valence-electron chi connectivity index (χ0n) is 9.97. The maximum atomic E-state index is 11.5. The van der Waals surface area contributed by atoms with Gasteiger partial charge in [-0.25, -0.2) is 0 Å². The maximum absolute atomic E-state index is 11.5. The van der Waals surface area contributed by atoms with Crippen LogP contribution in [-0.4, -0.2) is 21.0 Å². The Morgan fingerprint density at radius 2 is 2.32 bits per heavy atom. The summed E-state index contributed by atoms with van der Waals surface area (Å²) in [7, 11) is 0. The van der Waals surface area contributed by atoms with Crippen molar-refractivity contribution >= 4 is 17.5 Å². The van der Waals surface area contributed by atoms with Gasteiger partial charge in [0, 0.05) is 23.9 Å². The number of halogens is 1. The highest BCUT2D eigenvalue weighted by Crippen LogP contribution is 2.28. The highest BCUT2D eigenvalue weighted by Gasteiger charge is 2.29. The number of hydrogen-bond donors (Lipinski definition) is 1. The van der Waals surface area contributed by atoms with Crippen molar-refractivity contribution in [2.45, 2.75) is 19.4 Å². The van der Waals surface area contributed by atoms with Crippen molar-refractivity contribution in [3.8, 4) is 11.4 Å². The van der Waals surface area contributed by atoms with E-state index < -0.39 is 0 Å². The second-order valence-corrected chi connectivity index (χ2v) is 4.83. The molecule has 0 aromatic carbocycles. The molecule has 1 aliphatic rings. The molecule has 2 aromatic heterocycles. The van der Waals surface area contributed by atoms with Gasteiger partial charge >= 0.3 is 0 Å². The maximum Gasteiger partial charge on any atom is 0.246 e. The van der Waals surface area contributed by atoms with Crippen LogP contribution in [0.1, 0.15) is 18.7 Å². The van der Waals surface area contributed by atoms with Crippen LogP contribution >= 0.6 is 11.6 Å². The molecule has 0 unspecified atom stereocenters. The molecule has 0 spiro atoms. The van der Waals surface area contributed by atoms with Crippen molar-refractivity contribution in [3.05, 3.63) is 29.4 Å². The molecule has 98 valence electrons. The van der Waals surface area contributed by atoms with Crippen molar-refractivity contribution in [3.63, 3.8) is 0 Å². The predicted molar refractivity (Wildman–Crippen MR) is 67.1 cm³/mol. The number of aromatic nitrogens is 3. The van der Waals surface area contributed by atoms with Gasteiger partial charge in [0.15, 0.2) is 0 Å². The Balaban J connectivity index is 1.67. The van der Waals surface area contributed by atoms with Crippen LogP contribution in [0.4, 0.5) is 0 Å². The lowest BCUT2D eigenvalue weighted by molar-refractivity contribution is -0.122. The molecule has 1 fully saturated rings. The molecule has 7 heteroatoms. The zero-order valence-corrected chi connectivity index (χ0v) is 10.7. The fraction of sp³-hybridized carbons (Fsp3) is 0.333. The third kappa shape index (κ3) is 2.90. The highest BCUT2D eigenvalue weighted by atomic mass is 35.5. The number of carbonyl (C=O) groups excluding carboxylic acids is 1. The molecule has 0 radical (unpaired) electrons. The fourth-order valence-corrected chi connectivity index (χ4v) is 1.80. The topological polar surface area (TPSA) is 80.9 Å². The Morgan fingerprint density at radius 3 is 3.05 bits per heavy atom.